The lowest BCUT2D eigenvalue weighted by molar-refractivity contribution is 0.266. The van der Waals surface area contributed by atoms with Crippen molar-refractivity contribution in [1.82, 2.24) is 17.5 Å². The largest absolute Gasteiger partial charge is 0.461 e. The van der Waals surface area contributed by atoms with Crippen molar-refractivity contribution in [3.8, 4) is 53.3 Å². The summed E-state index contributed by atoms with van der Waals surface area (Å²) < 4.78 is 65.9. The summed E-state index contributed by atoms with van der Waals surface area (Å²) in [6.07, 6.45) is 15.2. The third-order valence-electron chi connectivity index (χ3n) is 14.5. The first kappa shape index (κ1) is 43.0. The van der Waals surface area contributed by atoms with Crippen molar-refractivity contribution in [2.45, 2.75) is 123 Å². The van der Waals surface area contributed by atoms with Crippen LogP contribution in [0.3, 0.4) is 0 Å². The van der Waals surface area contributed by atoms with E-state index in [4.69, 9.17) is 26.3 Å². The molecule has 65 heavy (non-hydrogen) atoms. The molecule has 0 saturated heterocycles. The van der Waals surface area contributed by atoms with Crippen molar-refractivity contribution in [2.75, 3.05) is 0 Å². The molecule has 6 heterocycles. The molecule has 12 heteroatoms. The number of thiophene rings is 2. The average molecular weight is 943 g/mol. The number of aromatic nitrogens is 4. The van der Waals surface area contributed by atoms with Gasteiger partial charge in [0.15, 0.2) is 0 Å². The number of benzene rings is 3. The second-order valence-corrected chi connectivity index (χ2v) is 21.6. The van der Waals surface area contributed by atoms with Gasteiger partial charge in [-0.05, 0) is 103 Å². The molecule has 3 aromatic carbocycles. The first-order valence-corrected chi connectivity index (χ1v) is 26.7. The molecule has 11 rings (SSSR count). The molecule has 0 spiro atoms. The summed E-state index contributed by atoms with van der Waals surface area (Å²) in [4.78, 5) is 4.02. The van der Waals surface area contributed by atoms with E-state index >= 15 is 8.78 Å². The zero-order valence-corrected chi connectivity index (χ0v) is 40.6. The number of furan rings is 2. The summed E-state index contributed by atoms with van der Waals surface area (Å²) in [5.74, 6) is 2.56. The lowest BCUT2D eigenvalue weighted by Gasteiger charge is -2.37. The number of halogens is 2. The van der Waals surface area contributed by atoms with E-state index in [0.29, 0.717) is 67.7 Å². The minimum Gasteiger partial charge on any atom is -0.461 e. The van der Waals surface area contributed by atoms with Crippen LogP contribution in [0.25, 0.3) is 86.3 Å². The summed E-state index contributed by atoms with van der Waals surface area (Å²) in [5.41, 5.74) is 8.85. The fourth-order valence-corrected chi connectivity index (χ4v) is 14.9. The van der Waals surface area contributed by atoms with E-state index in [-0.39, 0.29) is 17.0 Å². The number of para-hydroxylation sites is 1. The van der Waals surface area contributed by atoms with Crippen LogP contribution in [0, 0.1) is 23.5 Å². The van der Waals surface area contributed by atoms with Gasteiger partial charge < -0.3 is 8.83 Å². The summed E-state index contributed by atoms with van der Waals surface area (Å²) in [6, 6.07) is 19.7. The van der Waals surface area contributed by atoms with Crippen molar-refractivity contribution in [2.24, 2.45) is 11.8 Å². The molecule has 0 amide bonds. The Hall–Kier alpha value is -4.62. The minimum atomic E-state index is -0.347. The number of hydrogen-bond acceptors (Lipinski definition) is 10. The van der Waals surface area contributed by atoms with E-state index in [9.17, 15) is 0 Å². The first-order chi connectivity index (χ1) is 31.8. The predicted octanol–water partition coefficient (Wildman–Crippen LogP) is 17.5. The highest BCUT2D eigenvalue weighted by atomic mass is 32.1. The predicted molar refractivity (Wildman–Crippen MR) is 267 cm³/mol. The van der Waals surface area contributed by atoms with Gasteiger partial charge in [0, 0.05) is 47.9 Å². The Labute approximate surface area is 394 Å². The number of nitrogens with zero attached hydrogens (tertiary/aromatic N) is 4. The van der Waals surface area contributed by atoms with Crippen LogP contribution in [0.1, 0.15) is 127 Å². The van der Waals surface area contributed by atoms with Gasteiger partial charge in [-0.3, -0.25) is 0 Å². The van der Waals surface area contributed by atoms with E-state index in [1.165, 1.54) is 29.5 Å². The Kier molecular flexibility index (Phi) is 11.6. The number of hydrogen-bond donors (Lipinski definition) is 0. The zero-order valence-electron chi connectivity index (χ0n) is 37.3. The molecule has 2 atom stereocenters. The highest BCUT2D eigenvalue weighted by Crippen LogP contribution is 2.63. The second kappa shape index (κ2) is 17.6. The monoisotopic (exact) mass is 942 g/mol. The minimum absolute atomic E-state index is 0.319. The van der Waals surface area contributed by atoms with Gasteiger partial charge in [0.2, 0.25) is 0 Å². The molecular weight excluding hydrogens is 891 g/mol. The molecule has 0 N–H and O–H groups in total. The van der Waals surface area contributed by atoms with E-state index in [2.05, 4.69) is 45.9 Å². The van der Waals surface area contributed by atoms with E-state index in [0.717, 1.165) is 137 Å². The maximum atomic E-state index is 17.1. The van der Waals surface area contributed by atoms with Crippen LogP contribution >= 0.6 is 46.1 Å². The van der Waals surface area contributed by atoms with Crippen molar-refractivity contribution in [1.29, 1.82) is 0 Å². The van der Waals surface area contributed by atoms with Crippen LogP contribution in [-0.2, 0) is 18.3 Å². The van der Waals surface area contributed by atoms with Gasteiger partial charge in [-0.15, -0.1) is 22.7 Å². The van der Waals surface area contributed by atoms with Crippen molar-refractivity contribution < 1.29 is 17.6 Å². The van der Waals surface area contributed by atoms with Crippen LogP contribution in [-0.4, -0.2) is 17.5 Å². The Morgan fingerprint density at radius 1 is 0.631 bits per heavy atom. The molecule has 0 fully saturated rings. The number of aryl methyl sites for hydroxylation is 2. The van der Waals surface area contributed by atoms with Crippen LogP contribution in [0.5, 0.6) is 0 Å². The molecule has 2 aliphatic carbocycles. The maximum Gasteiger partial charge on any atom is 0.137 e. The molecule has 0 saturated carbocycles. The molecule has 6 aromatic heterocycles. The highest BCUT2D eigenvalue weighted by Gasteiger charge is 2.48. The zero-order chi connectivity index (χ0) is 44.4. The van der Waals surface area contributed by atoms with Crippen LogP contribution in [0.4, 0.5) is 8.78 Å². The van der Waals surface area contributed by atoms with Crippen LogP contribution in [0.2, 0.25) is 0 Å². The number of rotatable bonds is 16. The highest BCUT2D eigenvalue weighted by molar-refractivity contribution is 7.26. The smallest absolute Gasteiger partial charge is 0.137 e. The first-order valence-electron chi connectivity index (χ1n) is 23.6. The molecule has 2 unspecified atom stereocenters. The Morgan fingerprint density at radius 3 is 1.71 bits per heavy atom. The molecule has 334 valence electrons. The van der Waals surface area contributed by atoms with Crippen molar-refractivity contribution >= 4 is 79.2 Å². The van der Waals surface area contributed by atoms with Crippen LogP contribution < -0.4 is 0 Å². The molecular formula is C53H52F2N4O2S4. The topological polar surface area (TPSA) is 77.8 Å². The summed E-state index contributed by atoms with van der Waals surface area (Å²) in [6.45, 7) is 9.22. The number of fused-ring (bicyclic) bond motifs is 7. The molecule has 0 aliphatic heterocycles. The van der Waals surface area contributed by atoms with Gasteiger partial charge in [0.1, 0.15) is 56.6 Å². The SMILES string of the molecule is CCCCC(CC)CC1(CC(CC)CCCC)c2cc(-c3c(F)cc(-c4cc5c(o4)CCCC5)c4nsnc34)sc2-c2sc(-c3c(F)cc(-c4cc5ccccc5o4)c4nsnc34)cc21. The van der Waals surface area contributed by atoms with Crippen molar-refractivity contribution in [3.05, 3.63) is 94.7 Å². The molecule has 6 nitrogen and oxygen atoms in total. The Balaban J connectivity index is 1.10. The fourth-order valence-electron chi connectivity index (χ4n) is 11.0. The quantitative estimate of drug-likeness (QED) is 0.0960. The lowest BCUT2D eigenvalue weighted by Crippen LogP contribution is -2.31. The third-order valence-corrected chi connectivity index (χ3v) is 18.0. The van der Waals surface area contributed by atoms with Gasteiger partial charge in [-0.25, -0.2) is 8.78 Å². The molecule has 2 aliphatic rings. The van der Waals surface area contributed by atoms with Gasteiger partial charge in [0.05, 0.1) is 34.6 Å². The summed E-state index contributed by atoms with van der Waals surface area (Å²) in [5, 5.41) is 0.951. The molecule has 0 bridgehead atoms. The standard InChI is InChI=1S/C53H52F2N4O2S4/c1-5-9-15-29(7-3)27-53(28-30(8-4)16-10-6-2)35-25-43(45-37(54)23-33(47-49(45)58-64-56-47)41-21-31-17-11-13-19-39(31)60-41)62-51(35)52-36(53)26-44(63-52)46-38(55)24-34(48-50(46)59-65-57-48)42-22-32-18-12-14-20-40(32)61-42/h11,13,17,19,21-26,29-30H,5-10,12,14-16,18,20,27-28H2,1-4H3. The van der Waals surface area contributed by atoms with Gasteiger partial charge in [-0.1, -0.05) is 97.3 Å². The van der Waals surface area contributed by atoms with E-state index < -0.39 is 0 Å². The Bertz CT molecular complexity index is 3130. The third kappa shape index (κ3) is 7.32. The average Bonchev–Trinajstić information content (AvgIpc) is 4.19. The number of unbranched alkanes of at least 4 members (excludes halogenated alkanes) is 2. The molecule has 0 radical (unpaired) electrons. The Morgan fingerprint density at radius 2 is 1.17 bits per heavy atom. The van der Waals surface area contributed by atoms with Gasteiger partial charge in [0.25, 0.3) is 0 Å². The second-order valence-electron chi connectivity index (χ2n) is 18.4. The van der Waals surface area contributed by atoms with Crippen molar-refractivity contribution in [3.63, 3.8) is 0 Å². The maximum absolute atomic E-state index is 17.1. The summed E-state index contributed by atoms with van der Waals surface area (Å²) >= 11 is 5.52. The molecule has 9 aromatic rings. The fraction of sp³-hybridized carbons (Fsp3) is 0.396. The normalized spacial score (nSPS) is 16.8. The lowest BCUT2D eigenvalue weighted by atomic mass is 9.65. The summed E-state index contributed by atoms with van der Waals surface area (Å²) in [7, 11) is 0. The van der Waals surface area contributed by atoms with E-state index in [1.807, 2.05) is 30.3 Å². The van der Waals surface area contributed by atoms with Gasteiger partial charge >= 0.3 is 0 Å². The van der Waals surface area contributed by atoms with Crippen LogP contribution in [0.15, 0.2) is 69.5 Å². The van der Waals surface area contributed by atoms with Gasteiger partial charge in [-0.2, -0.15) is 17.5 Å². The van der Waals surface area contributed by atoms with E-state index in [1.54, 1.807) is 34.8 Å².